The minimum Gasteiger partial charge on any atom is -0.366 e. The number of ether oxygens (including phenoxy) is 1. The number of piperidine rings is 1. The smallest absolute Gasteiger partial charge is 0.366 e. The van der Waals surface area contributed by atoms with Gasteiger partial charge < -0.3 is 19.9 Å². The van der Waals surface area contributed by atoms with Gasteiger partial charge in [-0.05, 0) is 56.6 Å². The van der Waals surface area contributed by atoms with E-state index < -0.39 is 11.7 Å². The van der Waals surface area contributed by atoms with Crippen LogP contribution in [0.5, 0.6) is 0 Å². The Morgan fingerprint density at radius 1 is 1.18 bits per heavy atom. The van der Waals surface area contributed by atoms with Gasteiger partial charge in [0, 0.05) is 43.5 Å². The molecule has 1 spiro atoms. The molecule has 1 aromatic heterocycles. The first-order valence-corrected chi connectivity index (χ1v) is 11.7. The lowest BCUT2D eigenvalue weighted by atomic mass is 9.65. The van der Waals surface area contributed by atoms with Crippen molar-refractivity contribution in [3.63, 3.8) is 0 Å². The minimum absolute atomic E-state index is 0.0103. The highest BCUT2D eigenvalue weighted by atomic mass is 19.4. The van der Waals surface area contributed by atoms with Crippen molar-refractivity contribution in [2.45, 2.75) is 56.8 Å². The van der Waals surface area contributed by atoms with Gasteiger partial charge in [0.05, 0.1) is 17.7 Å². The van der Waals surface area contributed by atoms with Crippen molar-refractivity contribution in [3.05, 3.63) is 29.6 Å². The van der Waals surface area contributed by atoms with E-state index in [1.54, 1.807) is 0 Å². The van der Waals surface area contributed by atoms with Crippen LogP contribution in [-0.2, 0) is 22.1 Å². The molecule has 1 N–H and O–H groups in total. The maximum absolute atomic E-state index is 13.0. The van der Waals surface area contributed by atoms with Gasteiger partial charge in [0.2, 0.25) is 5.91 Å². The number of alkyl halides is 3. The molecule has 1 aliphatic carbocycles. The van der Waals surface area contributed by atoms with Crippen LogP contribution in [0.15, 0.2) is 18.3 Å². The summed E-state index contributed by atoms with van der Waals surface area (Å²) in [5.74, 6) is 0.287. The monoisotopic (exact) mass is 466 g/mol. The summed E-state index contributed by atoms with van der Waals surface area (Å²) in [4.78, 5) is 32.3. The number of carbonyl (C=O) groups is 2. The molecule has 10 heteroatoms. The lowest BCUT2D eigenvalue weighted by Crippen LogP contribution is -2.66. The van der Waals surface area contributed by atoms with E-state index in [4.69, 9.17) is 4.74 Å². The lowest BCUT2D eigenvalue weighted by molar-refractivity contribution is -0.140. The van der Waals surface area contributed by atoms with Crippen molar-refractivity contribution in [1.29, 1.82) is 0 Å². The SMILES string of the molecule is O=C1CO[C@H]2CCN(C(=O)N3CC4(CCC(Cc5ccc(C(F)(F)F)cn5)CC4)C3)C[C@H]2N1. The molecule has 4 fully saturated rings. The summed E-state index contributed by atoms with van der Waals surface area (Å²) >= 11 is 0. The van der Waals surface area contributed by atoms with E-state index in [1.165, 1.54) is 6.07 Å². The van der Waals surface area contributed by atoms with Crippen molar-refractivity contribution in [1.82, 2.24) is 20.1 Å². The van der Waals surface area contributed by atoms with Gasteiger partial charge in [-0.1, -0.05) is 0 Å². The number of pyridine rings is 1. The zero-order chi connectivity index (χ0) is 23.2. The van der Waals surface area contributed by atoms with Gasteiger partial charge in [-0.25, -0.2) is 4.79 Å². The second-order valence-corrected chi connectivity index (χ2v) is 10.1. The molecule has 0 unspecified atom stereocenters. The maximum Gasteiger partial charge on any atom is 0.417 e. The molecule has 0 bridgehead atoms. The predicted molar refractivity (Wildman–Crippen MR) is 112 cm³/mol. The van der Waals surface area contributed by atoms with E-state index in [1.807, 2.05) is 9.80 Å². The number of halogens is 3. The number of nitrogens with one attached hydrogen (secondary N) is 1. The summed E-state index contributed by atoms with van der Waals surface area (Å²) in [5.41, 5.74) is 0.160. The Balaban J connectivity index is 1.08. The van der Waals surface area contributed by atoms with E-state index in [0.29, 0.717) is 31.1 Å². The van der Waals surface area contributed by atoms with Crippen molar-refractivity contribution in [3.8, 4) is 0 Å². The molecule has 1 saturated carbocycles. The van der Waals surface area contributed by atoms with Crippen LogP contribution in [0.3, 0.4) is 0 Å². The highest BCUT2D eigenvalue weighted by molar-refractivity contribution is 5.79. The Hall–Kier alpha value is -2.36. The van der Waals surface area contributed by atoms with Crippen molar-refractivity contribution in [2.75, 3.05) is 32.8 Å². The third kappa shape index (κ3) is 4.67. The summed E-state index contributed by atoms with van der Waals surface area (Å²) in [7, 11) is 0. The fourth-order valence-corrected chi connectivity index (χ4v) is 5.79. The summed E-state index contributed by atoms with van der Waals surface area (Å²) < 4.78 is 43.7. The van der Waals surface area contributed by atoms with E-state index in [0.717, 1.165) is 57.5 Å². The molecule has 3 saturated heterocycles. The van der Waals surface area contributed by atoms with E-state index >= 15 is 0 Å². The zero-order valence-corrected chi connectivity index (χ0v) is 18.4. The quantitative estimate of drug-likeness (QED) is 0.728. The summed E-state index contributed by atoms with van der Waals surface area (Å²) in [6.07, 6.45) is 2.03. The Kier molecular flexibility index (Phi) is 5.74. The fraction of sp³-hybridized carbons (Fsp3) is 0.696. The molecule has 0 radical (unpaired) electrons. The number of hydrogen-bond donors (Lipinski definition) is 1. The average molecular weight is 467 g/mol. The molecule has 0 aromatic carbocycles. The third-order valence-corrected chi connectivity index (χ3v) is 7.73. The standard InChI is InChI=1S/C23H29F3N4O3/c24-23(25,26)16-1-2-17(27-10-16)9-15-3-6-22(7-4-15)13-30(14-22)21(32)29-8-5-19-18(11-29)28-20(31)12-33-19/h1-2,10,15,18-19H,3-9,11-14H2,(H,28,31)/t18-,19+/m1/s1. The first-order valence-electron chi connectivity index (χ1n) is 11.7. The number of fused-ring (bicyclic) bond motifs is 1. The highest BCUT2D eigenvalue weighted by Gasteiger charge is 2.48. The van der Waals surface area contributed by atoms with Crippen LogP contribution in [0.2, 0.25) is 0 Å². The van der Waals surface area contributed by atoms with Crippen LogP contribution in [-0.4, -0.2) is 71.7 Å². The second-order valence-electron chi connectivity index (χ2n) is 10.1. The van der Waals surface area contributed by atoms with Gasteiger partial charge in [0.1, 0.15) is 6.61 Å². The van der Waals surface area contributed by atoms with Gasteiger partial charge in [-0.15, -0.1) is 0 Å². The van der Waals surface area contributed by atoms with Gasteiger partial charge in [-0.2, -0.15) is 13.2 Å². The number of rotatable bonds is 2. The summed E-state index contributed by atoms with van der Waals surface area (Å²) in [6.45, 7) is 2.73. The maximum atomic E-state index is 13.0. The molecular weight excluding hydrogens is 437 g/mol. The van der Waals surface area contributed by atoms with E-state index in [9.17, 15) is 22.8 Å². The third-order valence-electron chi connectivity index (χ3n) is 7.73. The van der Waals surface area contributed by atoms with Crippen LogP contribution in [0.4, 0.5) is 18.0 Å². The van der Waals surface area contributed by atoms with Crippen LogP contribution in [0, 0.1) is 11.3 Å². The Morgan fingerprint density at radius 2 is 1.94 bits per heavy atom. The molecule has 5 rings (SSSR count). The number of morpholine rings is 1. The van der Waals surface area contributed by atoms with Crippen molar-refractivity contribution >= 4 is 11.9 Å². The highest BCUT2D eigenvalue weighted by Crippen LogP contribution is 2.46. The van der Waals surface area contributed by atoms with Gasteiger partial charge >= 0.3 is 12.2 Å². The lowest BCUT2D eigenvalue weighted by Gasteiger charge is -2.55. The minimum atomic E-state index is -4.36. The predicted octanol–water partition coefficient (Wildman–Crippen LogP) is 2.84. The van der Waals surface area contributed by atoms with E-state index in [-0.39, 0.29) is 36.1 Å². The molecule has 3 aliphatic heterocycles. The molecule has 180 valence electrons. The summed E-state index contributed by atoms with van der Waals surface area (Å²) in [5, 5.41) is 2.93. The van der Waals surface area contributed by atoms with Gasteiger partial charge in [-0.3, -0.25) is 9.78 Å². The molecule has 2 atom stereocenters. The molecule has 4 aliphatic rings. The molecule has 7 nitrogen and oxygen atoms in total. The van der Waals surface area contributed by atoms with Crippen LogP contribution in [0.1, 0.15) is 43.4 Å². The largest absolute Gasteiger partial charge is 0.417 e. The van der Waals surface area contributed by atoms with Gasteiger partial charge in [0.15, 0.2) is 0 Å². The topological polar surface area (TPSA) is 74.8 Å². The Morgan fingerprint density at radius 3 is 2.61 bits per heavy atom. The van der Waals surface area contributed by atoms with Gasteiger partial charge in [0.25, 0.3) is 0 Å². The number of nitrogens with zero attached hydrogens (tertiary/aromatic N) is 3. The number of likely N-dealkylation sites (tertiary alicyclic amines) is 2. The molecule has 1 aromatic rings. The molecule has 3 amide bonds. The molecule has 33 heavy (non-hydrogen) atoms. The number of amides is 3. The van der Waals surface area contributed by atoms with Crippen molar-refractivity contribution in [2.24, 2.45) is 11.3 Å². The normalized spacial score (nSPS) is 27.7. The molecule has 4 heterocycles. The first-order chi connectivity index (χ1) is 15.7. The number of urea groups is 1. The molecular formula is C23H29F3N4O3. The van der Waals surface area contributed by atoms with Crippen molar-refractivity contribution < 1.29 is 27.5 Å². The number of hydrogen-bond acceptors (Lipinski definition) is 4. The zero-order valence-electron chi connectivity index (χ0n) is 18.4. The second kappa shape index (κ2) is 8.45. The van der Waals surface area contributed by atoms with Crippen LogP contribution in [0.25, 0.3) is 0 Å². The van der Waals surface area contributed by atoms with E-state index in [2.05, 4.69) is 10.3 Å². The Bertz CT molecular complexity index is 891. The first kappa shape index (κ1) is 22.4. The van der Waals surface area contributed by atoms with Crippen LogP contribution >= 0.6 is 0 Å². The average Bonchev–Trinajstić information content (AvgIpc) is 2.77. The number of carbonyl (C=O) groups excluding carboxylic acids is 2. The fourth-order valence-electron chi connectivity index (χ4n) is 5.79. The number of aromatic nitrogens is 1. The Labute approximate surface area is 190 Å². The van der Waals surface area contributed by atoms with Crippen LogP contribution < -0.4 is 5.32 Å². The summed E-state index contributed by atoms with van der Waals surface area (Å²) in [6, 6.07) is 2.50.